The van der Waals surface area contributed by atoms with Crippen LogP contribution in [0.25, 0.3) is 0 Å². The SMILES string of the molecule is COc1ccc([C@H]2[C@H](C(=O)NC3CC3)CCC(=O)N2C)cc1. The Labute approximate surface area is 130 Å². The molecule has 0 aromatic heterocycles. The second kappa shape index (κ2) is 5.99. The van der Waals surface area contributed by atoms with Gasteiger partial charge in [-0.2, -0.15) is 0 Å². The maximum Gasteiger partial charge on any atom is 0.225 e. The Morgan fingerprint density at radius 1 is 1.23 bits per heavy atom. The minimum atomic E-state index is -0.203. The molecule has 5 nitrogen and oxygen atoms in total. The first-order valence-corrected chi connectivity index (χ1v) is 7.80. The van der Waals surface area contributed by atoms with Crippen molar-refractivity contribution in [2.45, 2.75) is 37.8 Å². The van der Waals surface area contributed by atoms with Gasteiger partial charge in [0.2, 0.25) is 11.8 Å². The van der Waals surface area contributed by atoms with Gasteiger partial charge < -0.3 is 15.0 Å². The summed E-state index contributed by atoms with van der Waals surface area (Å²) in [6.07, 6.45) is 3.19. The third-order valence-electron chi connectivity index (χ3n) is 4.58. The molecule has 3 rings (SSSR count). The van der Waals surface area contributed by atoms with E-state index in [0.29, 0.717) is 18.9 Å². The number of rotatable bonds is 4. The smallest absolute Gasteiger partial charge is 0.225 e. The van der Waals surface area contributed by atoms with Crippen LogP contribution in [0.3, 0.4) is 0 Å². The first kappa shape index (κ1) is 14.9. The molecule has 2 atom stereocenters. The molecule has 2 amide bonds. The molecule has 0 spiro atoms. The topological polar surface area (TPSA) is 58.6 Å². The fourth-order valence-corrected chi connectivity index (χ4v) is 3.11. The number of hydrogen-bond donors (Lipinski definition) is 1. The van der Waals surface area contributed by atoms with Crippen molar-refractivity contribution in [3.8, 4) is 5.75 Å². The van der Waals surface area contributed by atoms with E-state index in [4.69, 9.17) is 4.74 Å². The fourth-order valence-electron chi connectivity index (χ4n) is 3.11. The number of nitrogens with zero attached hydrogens (tertiary/aromatic N) is 1. The summed E-state index contributed by atoms with van der Waals surface area (Å²) in [6, 6.07) is 7.76. The standard InChI is InChI=1S/C17H22N2O3/c1-19-15(20)10-9-14(17(21)18-12-5-6-12)16(19)11-3-7-13(22-2)8-4-11/h3-4,7-8,12,14,16H,5-6,9-10H2,1-2H3,(H,18,21)/t14-,16+/m1/s1. The third-order valence-corrected chi connectivity index (χ3v) is 4.58. The highest BCUT2D eigenvalue weighted by atomic mass is 16.5. The number of ether oxygens (including phenoxy) is 1. The average Bonchev–Trinajstić information content (AvgIpc) is 3.34. The van der Waals surface area contributed by atoms with Gasteiger partial charge in [-0.3, -0.25) is 9.59 Å². The molecule has 1 saturated heterocycles. The monoisotopic (exact) mass is 302 g/mol. The fraction of sp³-hybridized carbons (Fsp3) is 0.529. The largest absolute Gasteiger partial charge is 0.497 e. The van der Waals surface area contributed by atoms with Crippen molar-refractivity contribution in [2.75, 3.05) is 14.2 Å². The second-order valence-electron chi connectivity index (χ2n) is 6.15. The Morgan fingerprint density at radius 3 is 2.50 bits per heavy atom. The Hall–Kier alpha value is -2.04. The van der Waals surface area contributed by atoms with E-state index >= 15 is 0 Å². The summed E-state index contributed by atoms with van der Waals surface area (Å²) in [5, 5.41) is 3.08. The number of methoxy groups -OCH3 is 1. The van der Waals surface area contributed by atoms with Crippen LogP contribution in [-0.4, -0.2) is 36.9 Å². The second-order valence-corrected chi connectivity index (χ2v) is 6.15. The van der Waals surface area contributed by atoms with Gasteiger partial charge in [-0.05, 0) is 37.0 Å². The first-order chi connectivity index (χ1) is 10.6. The van der Waals surface area contributed by atoms with Crippen LogP contribution in [0.5, 0.6) is 5.75 Å². The Balaban J connectivity index is 1.85. The molecule has 22 heavy (non-hydrogen) atoms. The normalized spacial score (nSPS) is 25.0. The van der Waals surface area contributed by atoms with Crippen LogP contribution >= 0.6 is 0 Å². The maximum absolute atomic E-state index is 12.5. The van der Waals surface area contributed by atoms with Gasteiger partial charge in [0, 0.05) is 19.5 Å². The zero-order valence-corrected chi connectivity index (χ0v) is 13.0. The lowest BCUT2D eigenvalue weighted by molar-refractivity contribution is -0.141. The summed E-state index contributed by atoms with van der Waals surface area (Å²) in [5.74, 6) is 0.753. The summed E-state index contributed by atoms with van der Waals surface area (Å²) < 4.78 is 5.18. The Kier molecular flexibility index (Phi) is 4.05. The summed E-state index contributed by atoms with van der Waals surface area (Å²) in [5.41, 5.74) is 0.979. The van der Waals surface area contributed by atoms with Crippen molar-refractivity contribution in [2.24, 2.45) is 5.92 Å². The van der Waals surface area contributed by atoms with E-state index in [1.807, 2.05) is 24.3 Å². The van der Waals surface area contributed by atoms with E-state index < -0.39 is 0 Å². The quantitative estimate of drug-likeness (QED) is 0.924. The molecule has 1 N–H and O–H groups in total. The number of likely N-dealkylation sites (tertiary alicyclic amines) is 1. The molecular formula is C17H22N2O3. The molecule has 0 unspecified atom stereocenters. The van der Waals surface area contributed by atoms with E-state index in [9.17, 15) is 9.59 Å². The predicted octanol–water partition coefficient (Wildman–Crippen LogP) is 1.88. The van der Waals surface area contributed by atoms with Crippen LogP contribution < -0.4 is 10.1 Å². The molecule has 1 heterocycles. The number of carbonyl (C=O) groups excluding carboxylic acids is 2. The molecule has 2 fully saturated rings. The Morgan fingerprint density at radius 2 is 1.91 bits per heavy atom. The third kappa shape index (κ3) is 2.93. The van der Waals surface area contributed by atoms with Gasteiger partial charge in [0.05, 0.1) is 19.1 Å². The first-order valence-electron chi connectivity index (χ1n) is 7.80. The highest BCUT2D eigenvalue weighted by molar-refractivity contribution is 5.85. The van der Waals surface area contributed by atoms with Gasteiger partial charge >= 0.3 is 0 Å². The van der Waals surface area contributed by atoms with Crippen LogP contribution in [0.4, 0.5) is 0 Å². The minimum absolute atomic E-state index is 0.0719. The molecule has 2 aliphatic rings. The molecule has 118 valence electrons. The summed E-state index contributed by atoms with van der Waals surface area (Å²) in [7, 11) is 3.41. The minimum Gasteiger partial charge on any atom is -0.497 e. The van der Waals surface area contributed by atoms with Crippen molar-refractivity contribution in [1.29, 1.82) is 0 Å². The van der Waals surface area contributed by atoms with Crippen LogP contribution in [0.1, 0.15) is 37.3 Å². The van der Waals surface area contributed by atoms with Crippen molar-refractivity contribution >= 4 is 11.8 Å². The van der Waals surface area contributed by atoms with Gasteiger partial charge in [-0.15, -0.1) is 0 Å². The number of piperidine rings is 1. The molecule has 0 bridgehead atoms. The van der Waals surface area contributed by atoms with Crippen molar-refractivity contribution in [3.05, 3.63) is 29.8 Å². The lowest BCUT2D eigenvalue weighted by Gasteiger charge is -2.38. The zero-order chi connectivity index (χ0) is 15.7. The molecule has 1 aliphatic heterocycles. The number of carbonyl (C=O) groups is 2. The van der Waals surface area contributed by atoms with Gasteiger partial charge in [-0.25, -0.2) is 0 Å². The molecule has 1 aromatic carbocycles. The summed E-state index contributed by atoms with van der Waals surface area (Å²) in [6.45, 7) is 0. The highest BCUT2D eigenvalue weighted by Crippen LogP contribution is 2.37. The molecule has 0 radical (unpaired) electrons. The number of benzene rings is 1. The average molecular weight is 302 g/mol. The molecule has 1 aliphatic carbocycles. The lowest BCUT2D eigenvalue weighted by atomic mass is 9.84. The molecule has 1 saturated carbocycles. The summed E-state index contributed by atoms with van der Waals surface area (Å²) >= 11 is 0. The molecule has 5 heteroatoms. The lowest BCUT2D eigenvalue weighted by Crippen LogP contribution is -2.46. The van der Waals surface area contributed by atoms with Gasteiger partial charge in [0.25, 0.3) is 0 Å². The van der Waals surface area contributed by atoms with Gasteiger partial charge in [0.15, 0.2) is 0 Å². The number of amides is 2. The van der Waals surface area contributed by atoms with Gasteiger partial charge in [-0.1, -0.05) is 12.1 Å². The number of nitrogens with one attached hydrogen (secondary N) is 1. The van der Waals surface area contributed by atoms with E-state index in [0.717, 1.165) is 24.2 Å². The Bertz CT molecular complexity index is 566. The molecular weight excluding hydrogens is 280 g/mol. The van der Waals surface area contributed by atoms with E-state index in [1.54, 1.807) is 19.1 Å². The van der Waals surface area contributed by atoms with Crippen LogP contribution in [0.15, 0.2) is 24.3 Å². The van der Waals surface area contributed by atoms with Crippen molar-refractivity contribution in [1.82, 2.24) is 10.2 Å². The zero-order valence-electron chi connectivity index (χ0n) is 13.0. The van der Waals surface area contributed by atoms with Crippen molar-refractivity contribution in [3.63, 3.8) is 0 Å². The summed E-state index contributed by atoms with van der Waals surface area (Å²) in [4.78, 5) is 26.3. The number of hydrogen-bond acceptors (Lipinski definition) is 3. The van der Waals surface area contributed by atoms with E-state index in [2.05, 4.69) is 5.32 Å². The predicted molar refractivity (Wildman–Crippen MR) is 82.4 cm³/mol. The maximum atomic E-state index is 12.5. The van der Waals surface area contributed by atoms with E-state index in [1.165, 1.54) is 0 Å². The van der Waals surface area contributed by atoms with Crippen LogP contribution in [0.2, 0.25) is 0 Å². The molecule has 1 aromatic rings. The van der Waals surface area contributed by atoms with Crippen LogP contribution in [-0.2, 0) is 9.59 Å². The highest BCUT2D eigenvalue weighted by Gasteiger charge is 2.40. The van der Waals surface area contributed by atoms with Gasteiger partial charge in [0.1, 0.15) is 5.75 Å². The van der Waals surface area contributed by atoms with Crippen molar-refractivity contribution < 1.29 is 14.3 Å². The van der Waals surface area contributed by atoms with E-state index in [-0.39, 0.29) is 23.8 Å². The van der Waals surface area contributed by atoms with Crippen LogP contribution in [0, 0.1) is 5.92 Å².